The molecule has 1 aromatic rings. The topological polar surface area (TPSA) is 49.9 Å². The van der Waals surface area contributed by atoms with Gasteiger partial charge >= 0.3 is 0 Å². The van der Waals surface area contributed by atoms with E-state index in [0.29, 0.717) is 12.8 Å². The average molecular weight is 165 g/mol. The number of aryl methyl sites for hydroxylation is 1. The summed E-state index contributed by atoms with van der Waals surface area (Å²) in [5.74, 6) is 0. The van der Waals surface area contributed by atoms with Crippen LogP contribution in [0.4, 0.5) is 0 Å². The Bertz CT molecular complexity index is 303. The third kappa shape index (κ3) is 2.34. The van der Waals surface area contributed by atoms with E-state index >= 15 is 0 Å². The van der Waals surface area contributed by atoms with Gasteiger partial charge in [-0.3, -0.25) is 4.79 Å². The summed E-state index contributed by atoms with van der Waals surface area (Å²) in [4.78, 5) is 23.6. The van der Waals surface area contributed by atoms with Crippen molar-refractivity contribution in [2.24, 2.45) is 0 Å². The molecule has 0 saturated heterocycles. The third-order valence-corrected chi connectivity index (χ3v) is 1.67. The Labute approximate surface area is 70.4 Å². The Morgan fingerprint density at radius 3 is 3.00 bits per heavy atom. The van der Waals surface area contributed by atoms with Crippen LogP contribution in [0.1, 0.15) is 18.4 Å². The minimum atomic E-state index is -0.0524. The Hall–Kier alpha value is -1.38. The molecule has 0 radical (unpaired) electrons. The van der Waals surface area contributed by atoms with Crippen molar-refractivity contribution in [2.45, 2.75) is 19.3 Å². The summed E-state index contributed by atoms with van der Waals surface area (Å²) < 4.78 is 0. The highest BCUT2D eigenvalue weighted by molar-refractivity contribution is 5.49. The van der Waals surface area contributed by atoms with Gasteiger partial charge in [0, 0.05) is 18.2 Å². The van der Waals surface area contributed by atoms with Gasteiger partial charge in [0.05, 0.1) is 0 Å². The molecule has 3 nitrogen and oxygen atoms in total. The number of aldehydes is 1. The van der Waals surface area contributed by atoms with Crippen molar-refractivity contribution in [3.05, 3.63) is 34.2 Å². The minimum Gasteiger partial charge on any atom is -0.329 e. The smallest absolute Gasteiger partial charge is 0.251 e. The van der Waals surface area contributed by atoms with Gasteiger partial charge in [0.2, 0.25) is 0 Å². The van der Waals surface area contributed by atoms with E-state index in [-0.39, 0.29) is 5.56 Å². The first-order valence-electron chi connectivity index (χ1n) is 3.95. The van der Waals surface area contributed by atoms with Crippen molar-refractivity contribution in [1.29, 1.82) is 0 Å². The molecule has 0 aliphatic rings. The van der Waals surface area contributed by atoms with E-state index in [2.05, 4.69) is 4.98 Å². The van der Waals surface area contributed by atoms with Gasteiger partial charge in [0.25, 0.3) is 5.56 Å². The maximum atomic E-state index is 11.1. The largest absolute Gasteiger partial charge is 0.329 e. The zero-order chi connectivity index (χ0) is 8.81. The number of hydrogen-bond acceptors (Lipinski definition) is 2. The number of nitrogens with one attached hydrogen (secondary N) is 1. The summed E-state index contributed by atoms with van der Waals surface area (Å²) in [5.41, 5.74) is 0.697. The van der Waals surface area contributed by atoms with Crippen molar-refractivity contribution in [2.75, 3.05) is 0 Å². The van der Waals surface area contributed by atoms with E-state index in [4.69, 9.17) is 0 Å². The summed E-state index contributed by atoms with van der Waals surface area (Å²) in [5, 5.41) is 0. The maximum Gasteiger partial charge on any atom is 0.251 e. The van der Waals surface area contributed by atoms with Crippen molar-refractivity contribution in [3.8, 4) is 0 Å². The second-order valence-corrected chi connectivity index (χ2v) is 2.58. The summed E-state index contributed by atoms with van der Waals surface area (Å²) in [6, 6.07) is 3.57. The first kappa shape index (κ1) is 8.71. The highest BCUT2D eigenvalue weighted by atomic mass is 16.1. The second kappa shape index (κ2) is 4.49. The molecule has 0 saturated carbocycles. The van der Waals surface area contributed by atoms with E-state index in [1.165, 1.54) is 0 Å². The van der Waals surface area contributed by atoms with Gasteiger partial charge in [-0.05, 0) is 18.9 Å². The Morgan fingerprint density at radius 2 is 2.33 bits per heavy atom. The number of carbonyl (C=O) groups is 1. The van der Waals surface area contributed by atoms with Crippen LogP contribution in [0.3, 0.4) is 0 Å². The SMILES string of the molecule is O=CCCCc1ccc[nH]c1=O. The zero-order valence-corrected chi connectivity index (χ0v) is 6.75. The number of aromatic amines is 1. The molecule has 1 N–H and O–H groups in total. The van der Waals surface area contributed by atoms with Crippen LogP contribution in [0, 0.1) is 0 Å². The molecule has 0 aliphatic heterocycles. The van der Waals surface area contributed by atoms with Crippen LogP contribution in [0.2, 0.25) is 0 Å². The molecule has 1 rings (SSSR count). The molecular formula is C9H11NO2. The lowest BCUT2D eigenvalue weighted by Crippen LogP contribution is -2.10. The fourth-order valence-corrected chi connectivity index (χ4v) is 1.03. The van der Waals surface area contributed by atoms with E-state index in [1.54, 1.807) is 18.3 Å². The van der Waals surface area contributed by atoms with Crippen molar-refractivity contribution in [3.63, 3.8) is 0 Å². The van der Waals surface area contributed by atoms with E-state index in [9.17, 15) is 9.59 Å². The van der Waals surface area contributed by atoms with Gasteiger partial charge in [0.1, 0.15) is 6.29 Å². The number of pyridine rings is 1. The van der Waals surface area contributed by atoms with Gasteiger partial charge in [-0.15, -0.1) is 0 Å². The minimum absolute atomic E-state index is 0.0524. The summed E-state index contributed by atoms with van der Waals surface area (Å²) in [7, 11) is 0. The van der Waals surface area contributed by atoms with Crippen LogP contribution >= 0.6 is 0 Å². The number of carbonyl (C=O) groups excluding carboxylic acids is 1. The van der Waals surface area contributed by atoms with E-state index < -0.39 is 0 Å². The van der Waals surface area contributed by atoms with Crippen LogP contribution in [0.25, 0.3) is 0 Å². The molecule has 3 heteroatoms. The molecule has 0 bridgehead atoms. The first-order valence-corrected chi connectivity index (χ1v) is 3.95. The van der Waals surface area contributed by atoms with Crippen molar-refractivity contribution >= 4 is 6.29 Å². The van der Waals surface area contributed by atoms with Crippen LogP contribution < -0.4 is 5.56 Å². The molecule has 0 unspecified atom stereocenters. The quantitative estimate of drug-likeness (QED) is 0.532. The molecule has 64 valence electrons. The number of unbranched alkanes of at least 4 members (excludes halogenated alkanes) is 1. The number of rotatable bonds is 4. The molecule has 12 heavy (non-hydrogen) atoms. The lowest BCUT2D eigenvalue weighted by Gasteiger charge is -1.95. The summed E-state index contributed by atoms with van der Waals surface area (Å²) in [6.45, 7) is 0. The van der Waals surface area contributed by atoms with Gasteiger partial charge in [0.15, 0.2) is 0 Å². The van der Waals surface area contributed by atoms with Crippen LogP contribution in [0.15, 0.2) is 23.1 Å². The van der Waals surface area contributed by atoms with Gasteiger partial charge in [-0.25, -0.2) is 0 Å². The number of H-pyrrole nitrogens is 1. The molecule has 0 fully saturated rings. The Kier molecular flexibility index (Phi) is 3.26. The molecule has 0 amide bonds. The number of hydrogen-bond donors (Lipinski definition) is 1. The Balaban J connectivity index is 2.57. The highest BCUT2D eigenvalue weighted by Crippen LogP contribution is 1.96. The average Bonchev–Trinajstić information content (AvgIpc) is 2.09. The molecule has 1 heterocycles. The number of aromatic nitrogens is 1. The molecule has 0 aromatic carbocycles. The summed E-state index contributed by atoms with van der Waals surface area (Å²) >= 11 is 0. The Morgan fingerprint density at radius 1 is 1.50 bits per heavy atom. The van der Waals surface area contributed by atoms with Crippen LogP contribution in [-0.2, 0) is 11.2 Å². The van der Waals surface area contributed by atoms with Crippen molar-refractivity contribution < 1.29 is 4.79 Å². The molecule has 0 atom stereocenters. The van der Waals surface area contributed by atoms with Crippen LogP contribution in [0.5, 0.6) is 0 Å². The zero-order valence-electron chi connectivity index (χ0n) is 6.75. The lowest BCUT2D eigenvalue weighted by atomic mass is 10.1. The maximum absolute atomic E-state index is 11.1. The van der Waals surface area contributed by atoms with Gasteiger partial charge in [-0.1, -0.05) is 6.07 Å². The van der Waals surface area contributed by atoms with Gasteiger partial charge < -0.3 is 9.78 Å². The van der Waals surface area contributed by atoms with Crippen molar-refractivity contribution in [1.82, 2.24) is 4.98 Å². The monoisotopic (exact) mass is 165 g/mol. The van der Waals surface area contributed by atoms with Gasteiger partial charge in [-0.2, -0.15) is 0 Å². The second-order valence-electron chi connectivity index (χ2n) is 2.58. The molecule has 0 spiro atoms. The molecule has 0 aliphatic carbocycles. The predicted molar refractivity (Wildman–Crippen MR) is 46.1 cm³/mol. The highest BCUT2D eigenvalue weighted by Gasteiger charge is 1.96. The fraction of sp³-hybridized carbons (Fsp3) is 0.333. The summed E-state index contributed by atoms with van der Waals surface area (Å²) in [6.07, 6.45) is 4.42. The van der Waals surface area contributed by atoms with E-state index in [1.807, 2.05) is 0 Å². The fourth-order valence-electron chi connectivity index (χ4n) is 1.03. The first-order chi connectivity index (χ1) is 5.84. The van der Waals surface area contributed by atoms with E-state index in [0.717, 1.165) is 18.3 Å². The molecular weight excluding hydrogens is 154 g/mol. The third-order valence-electron chi connectivity index (χ3n) is 1.67. The van der Waals surface area contributed by atoms with Crippen LogP contribution in [-0.4, -0.2) is 11.3 Å². The predicted octanol–water partition coefficient (Wildman–Crippen LogP) is 0.897. The normalized spacial score (nSPS) is 9.67. The molecule has 1 aromatic heterocycles. The lowest BCUT2D eigenvalue weighted by molar-refractivity contribution is -0.107. The standard InChI is InChI=1S/C9H11NO2/c11-7-2-1-4-8-5-3-6-10-9(8)12/h3,5-7H,1-2,4H2,(H,10,12).